The van der Waals surface area contributed by atoms with E-state index in [1.807, 2.05) is 113 Å². The van der Waals surface area contributed by atoms with Crippen LogP contribution in [0, 0.1) is 5.41 Å². The predicted octanol–water partition coefficient (Wildman–Crippen LogP) is 7.41. The number of carbonyl (C=O) groups is 1. The smallest absolute Gasteiger partial charge is 0.253 e. The largest absolute Gasteiger partial charge is 0.378 e. The van der Waals surface area contributed by atoms with Crippen LogP contribution >= 0.6 is 24.4 Å². The summed E-state index contributed by atoms with van der Waals surface area (Å²) in [6, 6.07) is 32.9. The summed E-state index contributed by atoms with van der Waals surface area (Å²) in [5.41, 5.74) is 8.39. The van der Waals surface area contributed by atoms with Gasteiger partial charge in [0.05, 0.1) is 32.1 Å². The van der Waals surface area contributed by atoms with E-state index >= 15 is 0 Å². The maximum Gasteiger partial charge on any atom is 0.253 e. The highest BCUT2D eigenvalue weighted by Gasteiger charge is 2.27. The Balaban J connectivity index is 0.713. The first-order valence-corrected chi connectivity index (χ1v) is 25.2. The number of thiocarbonyl (C=S) groups is 2. The molecule has 3 aliphatic rings. The fraction of sp³-hybridized carbons (Fsp3) is 0.283. The van der Waals surface area contributed by atoms with E-state index < -0.39 is 0 Å². The minimum Gasteiger partial charge on any atom is -0.378 e. The van der Waals surface area contributed by atoms with Crippen LogP contribution in [-0.4, -0.2) is 146 Å². The molecule has 0 atom stereocenters. The highest BCUT2D eigenvalue weighted by Crippen LogP contribution is 2.29. The SMILES string of the molecule is CN(Cc1cc2c(N3CCOCC3)nc(-c3ccc(NC(=S)Nc4ccncc4)cc3)nn2c1)C1CCN(C(=O)c2ccc(NC(=S)Nc3ccc(C(=N)N=C(c4ccc[nH]4)N4CCOCC4)cc3)cc2)CC1. The first kappa shape index (κ1) is 49.0. The van der Waals surface area contributed by atoms with Crippen LogP contribution in [0.5, 0.6) is 0 Å². The second kappa shape index (κ2) is 22.9. The number of hydrogen-bond acceptors (Lipinski definition) is 11. The summed E-state index contributed by atoms with van der Waals surface area (Å²) in [6.45, 7) is 7.52. The number of rotatable bonds is 12. The average Bonchev–Trinajstić information content (AvgIpc) is 4.12. The maximum absolute atomic E-state index is 13.7. The number of carbonyl (C=O) groups excluding carboxylic acids is 1. The summed E-state index contributed by atoms with van der Waals surface area (Å²) in [4.78, 5) is 39.6. The van der Waals surface area contributed by atoms with Crippen molar-refractivity contribution in [2.45, 2.75) is 25.4 Å². The van der Waals surface area contributed by atoms with Gasteiger partial charge in [-0.05, 0) is 153 Å². The first-order chi connectivity index (χ1) is 35.7. The summed E-state index contributed by atoms with van der Waals surface area (Å²) >= 11 is 11.2. The number of ether oxygens (including phenoxy) is 2. The number of fused-ring (bicyclic) bond motifs is 1. The molecule has 7 heterocycles. The quantitative estimate of drug-likeness (QED) is 0.0403. The number of nitrogens with zero attached hydrogens (tertiary/aromatic N) is 9. The van der Waals surface area contributed by atoms with Crippen LogP contribution in [0.1, 0.15) is 40.0 Å². The van der Waals surface area contributed by atoms with Crippen molar-refractivity contribution in [3.63, 3.8) is 0 Å². The molecule has 0 bridgehead atoms. The lowest BCUT2D eigenvalue weighted by atomic mass is 10.0. The zero-order valence-corrected chi connectivity index (χ0v) is 42.1. The Hall–Kier alpha value is -7.62. The molecule has 0 saturated carbocycles. The van der Waals surface area contributed by atoms with Crippen molar-refractivity contribution in [1.29, 1.82) is 5.41 Å². The molecule has 6 N–H and O–H groups in total. The molecule has 0 aliphatic carbocycles. The van der Waals surface area contributed by atoms with Gasteiger partial charge in [-0.2, -0.15) is 0 Å². The molecule has 3 fully saturated rings. The van der Waals surface area contributed by atoms with Crippen LogP contribution < -0.4 is 26.2 Å². The average molecular weight is 1020 g/mol. The number of aliphatic imine (C=N–C) groups is 1. The topological polar surface area (TPSA) is 192 Å². The van der Waals surface area contributed by atoms with Gasteiger partial charge in [0, 0.05) is 116 Å². The molecule has 18 nitrogen and oxygen atoms in total. The predicted molar refractivity (Wildman–Crippen MR) is 295 cm³/mol. The molecule has 73 heavy (non-hydrogen) atoms. The Morgan fingerprint density at radius 2 is 1.33 bits per heavy atom. The summed E-state index contributed by atoms with van der Waals surface area (Å²) in [6.07, 6.45) is 9.12. The van der Waals surface area contributed by atoms with Crippen molar-refractivity contribution in [2.24, 2.45) is 4.99 Å². The number of morpholine rings is 2. The Bertz CT molecular complexity index is 3060. The maximum atomic E-state index is 13.7. The number of piperidine rings is 1. The summed E-state index contributed by atoms with van der Waals surface area (Å²) in [7, 11) is 2.16. The van der Waals surface area contributed by atoms with E-state index in [9.17, 15) is 4.79 Å². The van der Waals surface area contributed by atoms with Crippen molar-refractivity contribution in [1.82, 2.24) is 39.3 Å². The molecule has 1 amide bonds. The fourth-order valence-electron chi connectivity index (χ4n) is 9.21. The number of pyridine rings is 1. The highest BCUT2D eigenvalue weighted by atomic mass is 32.1. The van der Waals surface area contributed by atoms with E-state index in [4.69, 9.17) is 54.4 Å². The fourth-order valence-corrected chi connectivity index (χ4v) is 9.68. The van der Waals surface area contributed by atoms with Crippen LogP contribution in [0.4, 0.5) is 28.6 Å². The molecule has 0 unspecified atom stereocenters. The van der Waals surface area contributed by atoms with Gasteiger partial charge in [-0.3, -0.25) is 20.1 Å². The van der Waals surface area contributed by atoms with Gasteiger partial charge in [0.15, 0.2) is 33.5 Å². The van der Waals surface area contributed by atoms with E-state index in [1.165, 1.54) is 0 Å². The van der Waals surface area contributed by atoms with Gasteiger partial charge in [0.2, 0.25) is 0 Å². The van der Waals surface area contributed by atoms with Crippen LogP contribution in [-0.2, 0) is 16.0 Å². The second-order valence-electron chi connectivity index (χ2n) is 18.1. The van der Waals surface area contributed by atoms with Crippen LogP contribution in [0.25, 0.3) is 16.9 Å². The van der Waals surface area contributed by atoms with Crippen LogP contribution in [0.3, 0.4) is 0 Å². The van der Waals surface area contributed by atoms with E-state index in [0.29, 0.717) is 85.8 Å². The van der Waals surface area contributed by atoms with Crippen molar-refractivity contribution in [3.8, 4) is 11.4 Å². The van der Waals surface area contributed by atoms with Gasteiger partial charge in [-0.25, -0.2) is 14.5 Å². The monoisotopic (exact) mass is 1020 g/mol. The zero-order chi connectivity index (χ0) is 50.1. The number of H-pyrrole nitrogens is 1. The normalized spacial score (nSPS) is 15.6. The first-order valence-electron chi connectivity index (χ1n) is 24.4. The van der Waals surface area contributed by atoms with Crippen molar-refractivity contribution in [3.05, 3.63) is 150 Å². The van der Waals surface area contributed by atoms with Gasteiger partial charge < -0.3 is 50.4 Å². The number of benzene rings is 3. The van der Waals surface area contributed by atoms with Crippen LogP contribution in [0.2, 0.25) is 0 Å². The number of hydrogen-bond donors (Lipinski definition) is 6. The van der Waals surface area contributed by atoms with Gasteiger partial charge in [-0.1, -0.05) is 0 Å². The summed E-state index contributed by atoms with van der Waals surface area (Å²) < 4.78 is 13.2. The van der Waals surface area contributed by atoms with Crippen molar-refractivity contribution in [2.75, 3.05) is 98.9 Å². The minimum absolute atomic E-state index is 0.0180. The van der Waals surface area contributed by atoms with E-state index in [-0.39, 0.29) is 11.7 Å². The van der Waals surface area contributed by atoms with Gasteiger partial charge in [0.1, 0.15) is 5.52 Å². The third-order valence-electron chi connectivity index (χ3n) is 13.1. The van der Waals surface area contributed by atoms with Crippen molar-refractivity contribution >= 4 is 86.3 Å². The van der Waals surface area contributed by atoms with E-state index in [1.54, 1.807) is 12.4 Å². The highest BCUT2D eigenvalue weighted by molar-refractivity contribution is 7.81. The number of aromatic nitrogens is 5. The van der Waals surface area contributed by atoms with Gasteiger partial charge >= 0.3 is 0 Å². The Morgan fingerprint density at radius 1 is 0.753 bits per heavy atom. The molecule has 3 saturated heterocycles. The number of amides is 1. The lowest BCUT2D eigenvalue weighted by molar-refractivity contribution is 0.0639. The third-order valence-corrected chi connectivity index (χ3v) is 13.5. The molecular formula is C53H57N15O3S2. The molecule has 7 aromatic rings. The second-order valence-corrected chi connectivity index (χ2v) is 18.9. The molecule has 20 heteroatoms. The molecular weight excluding hydrogens is 959 g/mol. The number of nitrogens with one attached hydrogen (secondary N) is 6. The molecule has 3 aliphatic heterocycles. The number of anilines is 5. The summed E-state index contributed by atoms with van der Waals surface area (Å²) in [5, 5.41) is 27.5. The van der Waals surface area contributed by atoms with Crippen LogP contribution in [0.15, 0.2) is 133 Å². The number of likely N-dealkylation sites (tertiary alicyclic amines) is 1. The minimum atomic E-state index is 0.0180. The number of amidine groups is 2. The molecule has 0 spiro atoms. The Morgan fingerprint density at radius 3 is 1.93 bits per heavy atom. The van der Waals surface area contributed by atoms with Gasteiger partial charge in [-0.15, -0.1) is 5.10 Å². The Kier molecular flexibility index (Phi) is 15.3. The third kappa shape index (κ3) is 12.2. The molecule has 374 valence electrons. The number of aromatic amines is 1. The standard InChI is InChI=1S/C53H57N15O3S2/c1-64(34-36-33-46-50(66-27-31-71-32-28-66)62-48(63-68(46)35-36)38-6-12-41(13-7-38)58-53(73)60-43-16-21-55-22-17-43)44-18-23-67(24-19-44)51(69)39-8-14-42(15-9-39)59-52(72)57-40-10-4-37(5-11-40)47(54)61-49(45-3-2-20-56-45)65-25-29-70-30-26-65/h2-17,20-22,33,35,44,54,56H,18-19,23-32,34H2,1H3,(H2,57,59,72)(H2,55,58,60,73). The molecule has 3 aromatic carbocycles. The Labute approximate surface area is 434 Å². The lowest BCUT2D eigenvalue weighted by Gasteiger charge is -2.36. The van der Waals surface area contributed by atoms with E-state index in [2.05, 4.69) is 65.2 Å². The van der Waals surface area contributed by atoms with E-state index in [0.717, 1.165) is 89.2 Å². The van der Waals surface area contributed by atoms with Crippen molar-refractivity contribution < 1.29 is 14.3 Å². The zero-order valence-electron chi connectivity index (χ0n) is 40.5. The molecule has 0 radical (unpaired) electrons. The molecule has 10 rings (SSSR count). The van der Waals surface area contributed by atoms with Gasteiger partial charge in [0.25, 0.3) is 5.91 Å². The summed E-state index contributed by atoms with van der Waals surface area (Å²) in [5.74, 6) is 2.42. The lowest BCUT2D eigenvalue weighted by Crippen LogP contribution is -2.45. The molecule has 4 aromatic heterocycles.